The van der Waals surface area contributed by atoms with E-state index in [0.29, 0.717) is 24.3 Å². The van der Waals surface area contributed by atoms with E-state index in [9.17, 15) is 17.8 Å². The molecule has 6 nitrogen and oxygen atoms in total. The first kappa shape index (κ1) is 24.3. The quantitative estimate of drug-likeness (QED) is 0.508. The Labute approximate surface area is 203 Å². The van der Waals surface area contributed by atoms with Gasteiger partial charge in [-0.2, -0.15) is 0 Å². The number of piperidine rings is 1. The molecule has 1 amide bonds. The fraction of sp³-hybridized carbons (Fsp3) is 0.250. The molecule has 1 aliphatic heterocycles. The van der Waals surface area contributed by atoms with Crippen molar-refractivity contribution in [1.29, 1.82) is 0 Å². The second-order valence-corrected chi connectivity index (χ2v) is 9.53. The lowest BCUT2D eigenvalue weighted by atomic mass is 9.89. The molecule has 1 aliphatic rings. The van der Waals surface area contributed by atoms with E-state index in [-0.39, 0.29) is 38.9 Å². The number of halogens is 3. The van der Waals surface area contributed by atoms with Crippen LogP contribution >= 0.6 is 11.6 Å². The Morgan fingerprint density at radius 2 is 1.79 bits per heavy atom. The first-order chi connectivity index (χ1) is 16.2. The van der Waals surface area contributed by atoms with Gasteiger partial charge >= 0.3 is 0 Å². The van der Waals surface area contributed by atoms with Crippen LogP contribution in [0, 0.1) is 18.6 Å². The zero-order chi connectivity index (χ0) is 24.4. The monoisotopic (exact) mass is 504 g/mol. The summed E-state index contributed by atoms with van der Waals surface area (Å²) in [5.74, 6) is -0.733. The van der Waals surface area contributed by atoms with Crippen LogP contribution in [0.3, 0.4) is 0 Å². The number of nitrogens with one attached hydrogen (secondary N) is 1. The number of hydrogen-bond donors (Lipinski definition) is 2. The number of anilines is 2. The number of hydrogen-bond acceptors (Lipinski definition) is 4. The van der Waals surface area contributed by atoms with E-state index in [2.05, 4.69) is 10.3 Å². The molecule has 2 heterocycles. The SMILES string of the molecule is Cc1cc(F)ccc1Nc1c(C(=O)N2CCC(c3ccc(F)cc3)CC2)cnc(S(N)=O)c1Cl. The van der Waals surface area contributed by atoms with Gasteiger partial charge in [-0.3, -0.25) is 4.79 Å². The molecule has 3 aromatic rings. The molecule has 1 atom stereocenters. The maximum absolute atomic E-state index is 13.6. The van der Waals surface area contributed by atoms with Crippen LogP contribution in [-0.4, -0.2) is 33.1 Å². The van der Waals surface area contributed by atoms with Crippen LogP contribution in [0.15, 0.2) is 53.7 Å². The number of rotatable bonds is 5. The molecule has 10 heteroatoms. The molecule has 0 aliphatic carbocycles. The lowest BCUT2D eigenvalue weighted by Gasteiger charge is -2.33. The lowest BCUT2D eigenvalue weighted by molar-refractivity contribution is 0.0713. The van der Waals surface area contributed by atoms with Crippen LogP contribution in [-0.2, 0) is 11.0 Å². The van der Waals surface area contributed by atoms with Crippen LogP contribution in [0.1, 0.15) is 40.2 Å². The molecule has 34 heavy (non-hydrogen) atoms. The molecule has 1 saturated heterocycles. The highest BCUT2D eigenvalue weighted by molar-refractivity contribution is 7.82. The zero-order valence-corrected chi connectivity index (χ0v) is 19.9. The molecular weight excluding hydrogens is 482 g/mol. The maximum Gasteiger partial charge on any atom is 0.257 e. The Morgan fingerprint density at radius 3 is 2.41 bits per heavy atom. The number of benzene rings is 2. The smallest absolute Gasteiger partial charge is 0.257 e. The first-order valence-electron chi connectivity index (χ1n) is 10.7. The molecule has 0 spiro atoms. The Hall–Kier alpha value is -2.88. The van der Waals surface area contributed by atoms with Crippen LogP contribution < -0.4 is 10.5 Å². The molecule has 1 aromatic heterocycles. The van der Waals surface area contributed by atoms with Crippen LogP contribution in [0.2, 0.25) is 5.02 Å². The van der Waals surface area contributed by atoms with Crippen molar-refractivity contribution in [2.45, 2.75) is 30.7 Å². The number of nitrogens with zero attached hydrogens (tertiary/aromatic N) is 2. The third-order valence-electron chi connectivity index (χ3n) is 5.98. The van der Waals surface area contributed by atoms with E-state index >= 15 is 0 Å². The lowest BCUT2D eigenvalue weighted by Crippen LogP contribution is -2.38. The van der Waals surface area contributed by atoms with Gasteiger partial charge in [0.05, 0.1) is 11.3 Å². The summed E-state index contributed by atoms with van der Waals surface area (Å²) in [6.07, 6.45) is 2.76. The fourth-order valence-electron chi connectivity index (χ4n) is 4.12. The minimum Gasteiger partial charge on any atom is -0.353 e. The van der Waals surface area contributed by atoms with Gasteiger partial charge in [0.1, 0.15) is 27.6 Å². The van der Waals surface area contributed by atoms with Crippen molar-refractivity contribution in [1.82, 2.24) is 9.88 Å². The number of carbonyl (C=O) groups excluding carboxylic acids is 1. The predicted octanol–water partition coefficient (Wildman–Crippen LogP) is 5.07. The molecule has 178 valence electrons. The number of aromatic nitrogens is 1. The topological polar surface area (TPSA) is 88.3 Å². The van der Waals surface area contributed by atoms with Gasteiger partial charge in [0.15, 0.2) is 5.03 Å². The van der Waals surface area contributed by atoms with Crippen molar-refractivity contribution in [2.75, 3.05) is 18.4 Å². The molecule has 0 radical (unpaired) electrons. The van der Waals surface area contributed by atoms with Crippen molar-refractivity contribution in [3.8, 4) is 0 Å². The number of aryl methyl sites for hydroxylation is 1. The van der Waals surface area contributed by atoms with Gasteiger partial charge in [-0.05, 0) is 67.1 Å². The number of nitrogens with two attached hydrogens (primary N) is 1. The minimum atomic E-state index is -1.97. The third-order valence-corrected chi connectivity index (χ3v) is 7.15. The number of likely N-dealkylation sites (tertiary alicyclic amines) is 1. The van der Waals surface area contributed by atoms with Gasteiger partial charge in [-0.25, -0.2) is 23.1 Å². The van der Waals surface area contributed by atoms with E-state index in [0.717, 1.165) is 18.4 Å². The molecule has 3 N–H and O–H groups in total. The van der Waals surface area contributed by atoms with Crippen molar-refractivity contribution in [2.24, 2.45) is 5.14 Å². The Balaban J connectivity index is 1.60. The molecule has 2 aromatic carbocycles. The van der Waals surface area contributed by atoms with Crippen LogP contribution in [0.5, 0.6) is 0 Å². The molecule has 4 rings (SSSR count). The zero-order valence-electron chi connectivity index (χ0n) is 18.4. The van der Waals surface area contributed by atoms with E-state index in [1.165, 1.54) is 36.5 Å². The molecular formula is C24H23ClF2N4O2S. The highest BCUT2D eigenvalue weighted by Crippen LogP contribution is 2.35. The summed E-state index contributed by atoms with van der Waals surface area (Å²) in [5, 5.41) is 8.49. The number of pyridine rings is 1. The van der Waals surface area contributed by atoms with Gasteiger partial charge in [-0.15, -0.1) is 0 Å². The second-order valence-electron chi connectivity index (χ2n) is 8.17. The summed E-state index contributed by atoms with van der Waals surface area (Å²) in [5.41, 5.74) is 2.59. The van der Waals surface area contributed by atoms with Gasteiger partial charge in [0.2, 0.25) is 0 Å². The highest BCUT2D eigenvalue weighted by Gasteiger charge is 2.28. The molecule has 0 saturated carbocycles. The first-order valence-corrected chi connectivity index (χ1v) is 12.3. The largest absolute Gasteiger partial charge is 0.353 e. The molecule has 1 fully saturated rings. The Kier molecular flexibility index (Phi) is 7.25. The molecule has 1 unspecified atom stereocenters. The second kappa shape index (κ2) is 10.2. The standard InChI is InChI=1S/C24H23ClF2N4O2S/c1-14-12-18(27)6-7-20(14)30-22-19(13-29-23(21(22)25)34(28)33)24(32)31-10-8-16(9-11-31)15-2-4-17(26)5-3-15/h2-7,12-13,16H,8-11,28H2,1H3,(H,29,30). The van der Waals surface area contributed by atoms with E-state index in [1.54, 1.807) is 24.0 Å². The highest BCUT2D eigenvalue weighted by atomic mass is 35.5. The number of carbonyl (C=O) groups is 1. The van der Waals surface area contributed by atoms with Crippen molar-refractivity contribution in [3.63, 3.8) is 0 Å². The fourth-order valence-corrected chi connectivity index (χ4v) is 4.98. The van der Waals surface area contributed by atoms with Gasteiger partial charge in [-0.1, -0.05) is 23.7 Å². The average molecular weight is 505 g/mol. The Morgan fingerprint density at radius 1 is 1.15 bits per heavy atom. The van der Waals surface area contributed by atoms with E-state index in [1.807, 2.05) is 0 Å². The van der Waals surface area contributed by atoms with Gasteiger partial charge in [0, 0.05) is 25.0 Å². The van der Waals surface area contributed by atoms with Crippen LogP contribution in [0.4, 0.5) is 20.2 Å². The third kappa shape index (κ3) is 5.11. The van der Waals surface area contributed by atoms with E-state index in [4.69, 9.17) is 16.7 Å². The van der Waals surface area contributed by atoms with E-state index < -0.39 is 16.8 Å². The van der Waals surface area contributed by atoms with Crippen molar-refractivity contribution in [3.05, 3.63) is 82.0 Å². The minimum absolute atomic E-state index is 0.0309. The summed E-state index contributed by atoms with van der Waals surface area (Å²) in [4.78, 5) is 19.2. The molecule has 0 bridgehead atoms. The summed E-state index contributed by atoms with van der Waals surface area (Å²) >= 11 is 6.47. The summed E-state index contributed by atoms with van der Waals surface area (Å²) in [6, 6.07) is 10.6. The summed E-state index contributed by atoms with van der Waals surface area (Å²) in [7, 11) is -1.97. The predicted molar refractivity (Wildman–Crippen MR) is 129 cm³/mol. The Bertz CT molecular complexity index is 1250. The van der Waals surface area contributed by atoms with Gasteiger partial charge in [0.25, 0.3) is 5.91 Å². The number of amides is 1. The average Bonchev–Trinajstić information content (AvgIpc) is 2.82. The van der Waals surface area contributed by atoms with Gasteiger partial charge < -0.3 is 10.2 Å². The summed E-state index contributed by atoms with van der Waals surface area (Å²) < 4.78 is 38.7. The van der Waals surface area contributed by atoms with Crippen molar-refractivity contribution >= 4 is 39.9 Å². The van der Waals surface area contributed by atoms with Crippen molar-refractivity contribution < 1.29 is 17.8 Å². The normalized spacial score (nSPS) is 15.3. The summed E-state index contributed by atoms with van der Waals surface area (Å²) in [6.45, 7) is 2.71. The maximum atomic E-state index is 13.6. The van der Waals surface area contributed by atoms with Crippen LogP contribution in [0.25, 0.3) is 0 Å².